The molecule has 23 heavy (non-hydrogen) atoms. The summed E-state index contributed by atoms with van der Waals surface area (Å²) in [7, 11) is 0. The van der Waals surface area contributed by atoms with Crippen molar-refractivity contribution in [2.24, 2.45) is 0 Å². The van der Waals surface area contributed by atoms with Crippen molar-refractivity contribution in [3.8, 4) is 0 Å². The molecule has 2 unspecified atom stereocenters. The number of amides is 1. The van der Waals surface area contributed by atoms with E-state index in [0.29, 0.717) is 24.8 Å². The summed E-state index contributed by atoms with van der Waals surface area (Å²) in [6.45, 7) is 5.35. The fourth-order valence-corrected chi connectivity index (χ4v) is 3.05. The predicted octanol–water partition coefficient (Wildman–Crippen LogP) is 4.54. The van der Waals surface area contributed by atoms with Gasteiger partial charge in [-0.3, -0.25) is 0 Å². The number of hydrogen-bond donors (Lipinski definition) is 1. The van der Waals surface area contributed by atoms with Crippen molar-refractivity contribution in [2.45, 2.75) is 70.2 Å². The van der Waals surface area contributed by atoms with Crippen LogP contribution in [0, 0.1) is 5.82 Å². The van der Waals surface area contributed by atoms with Gasteiger partial charge in [0, 0.05) is 18.9 Å². The molecule has 1 aliphatic rings. The zero-order valence-corrected chi connectivity index (χ0v) is 14.0. The highest BCUT2D eigenvalue weighted by molar-refractivity contribution is 5.68. The van der Waals surface area contributed by atoms with E-state index in [2.05, 4.69) is 5.32 Å². The number of rotatable bonds is 3. The lowest BCUT2D eigenvalue weighted by molar-refractivity contribution is 0.0412. The molecule has 128 valence electrons. The molecule has 1 aromatic rings. The molecule has 0 aliphatic heterocycles. The normalized spacial score (nSPS) is 25.0. The minimum Gasteiger partial charge on any atom is -0.444 e. The number of alkyl carbamates (subject to hydrolysis) is 1. The van der Waals surface area contributed by atoms with Gasteiger partial charge in [0.2, 0.25) is 0 Å². The second-order valence-corrected chi connectivity index (χ2v) is 7.36. The minimum atomic E-state index is -1.50. The Labute approximate surface area is 136 Å². The number of benzene rings is 1. The van der Waals surface area contributed by atoms with Gasteiger partial charge in [0.25, 0.3) is 0 Å². The van der Waals surface area contributed by atoms with Crippen molar-refractivity contribution in [1.82, 2.24) is 5.32 Å². The summed E-state index contributed by atoms with van der Waals surface area (Å²) in [5, 5.41) is 2.74. The molecule has 2 rings (SSSR count). The molecule has 1 amide bonds. The molecule has 0 bridgehead atoms. The molecule has 1 fully saturated rings. The zero-order valence-electron chi connectivity index (χ0n) is 14.0. The van der Waals surface area contributed by atoms with E-state index in [1.807, 2.05) is 0 Å². The Hall–Kier alpha value is -1.65. The first-order valence-electron chi connectivity index (χ1n) is 8.09. The predicted molar refractivity (Wildman–Crippen MR) is 85.6 cm³/mol. The molecular formula is C18H25F2NO2. The molecule has 1 N–H and O–H groups in total. The highest BCUT2D eigenvalue weighted by Crippen LogP contribution is 2.35. The SMILES string of the molecule is CC(C)(C)OC(=O)NC1CCCC(F)(Cc2ccccc2F)C1. The summed E-state index contributed by atoms with van der Waals surface area (Å²) >= 11 is 0. The highest BCUT2D eigenvalue weighted by Gasteiger charge is 2.38. The van der Waals surface area contributed by atoms with Crippen molar-refractivity contribution in [1.29, 1.82) is 0 Å². The van der Waals surface area contributed by atoms with E-state index in [9.17, 15) is 9.18 Å². The van der Waals surface area contributed by atoms with Gasteiger partial charge in [-0.25, -0.2) is 13.6 Å². The number of carbonyl (C=O) groups excluding carboxylic acids is 1. The van der Waals surface area contributed by atoms with Crippen molar-refractivity contribution in [3.63, 3.8) is 0 Å². The molecule has 0 saturated heterocycles. The topological polar surface area (TPSA) is 38.3 Å². The molecule has 1 aromatic carbocycles. The first-order valence-corrected chi connectivity index (χ1v) is 8.09. The Balaban J connectivity index is 1.97. The summed E-state index contributed by atoms with van der Waals surface area (Å²) in [6.07, 6.45) is 1.44. The molecule has 1 saturated carbocycles. The summed E-state index contributed by atoms with van der Waals surface area (Å²) < 4.78 is 34.1. The number of nitrogens with one attached hydrogen (secondary N) is 1. The van der Waals surface area contributed by atoms with Crippen molar-refractivity contribution < 1.29 is 18.3 Å². The third-order valence-electron chi connectivity index (χ3n) is 3.98. The van der Waals surface area contributed by atoms with E-state index in [-0.39, 0.29) is 24.7 Å². The van der Waals surface area contributed by atoms with Crippen LogP contribution in [0.1, 0.15) is 52.0 Å². The summed E-state index contributed by atoms with van der Waals surface area (Å²) in [6, 6.07) is 5.98. The average molecular weight is 325 g/mol. The van der Waals surface area contributed by atoms with Crippen LogP contribution in [0.2, 0.25) is 0 Å². The number of hydrogen-bond acceptors (Lipinski definition) is 2. The maximum absolute atomic E-state index is 15.1. The number of alkyl halides is 1. The second-order valence-electron chi connectivity index (χ2n) is 7.36. The Morgan fingerprint density at radius 3 is 2.74 bits per heavy atom. The molecule has 0 aromatic heterocycles. The van der Waals surface area contributed by atoms with E-state index < -0.39 is 17.4 Å². The molecular weight excluding hydrogens is 300 g/mol. The third-order valence-corrected chi connectivity index (χ3v) is 3.98. The van der Waals surface area contributed by atoms with Gasteiger partial charge in [-0.2, -0.15) is 0 Å². The van der Waals surface area contributed by atoms with Crippen molar-refractivity contribution in [2.75, 3.05) is 0 Å². The molecule has 5 heteroatoms. The standard InChI is InChI=1S/C18H25F2NO2/c1-17(2,3)23-16(22)21-14-8-6-10-18(20,12-14)11-13-7-4-5-9-15(13)19/h4-5,7,9,14H,6,8,10-12H2,1-3H3,(H,21,22). The average Bonchev–Trinajstić information content (AvgIpc) is 2.39. The quantitative estimate of drug-likeness (QED) is 0.886. The smallest absolute Gasteiger partial charge is 0.407 e. The molecule has 1 aliphatic carbocycles. The van der Waals surface area contributed by atoms with Gasteiger partial charge >= 0.3 is 6.09 Å². The van der Waals surface area contributed by atoms with Gasteiger partial charge in [0.1, 0.15) is 17.1 Å². The molecule has 0 radical (unpaired) electrons. The van der Waals surface area contributed by atoms with E-state index in [1.54, 1.807) is 39.0 Å². The van der Waals surface area contributed by atoms with Gasteiger partial charge in [0.05, 0.1) is 0 Å². The Kier molecular flexibility index (Phi) is 5.27. The van der Waals surface area contributed by atoms with Crippen LogP contribution in [0.5, 0.6) is 0 Å². The van der Waals surface area contributed by atoms with Crippen molar-refractivity contribution in [3.05, 3.63) is 35.6 Å². The Morgan fingerprint density at radius 1 is 1.39 bits per heavy atom. The van der Waals surface area contributed by atoms with Crippen LogP contribution in [0.3, 0.4) is 0 Å². The van der Waals surface area contributed by atoms with Crippen LogP contribution in [-0.4, -0.2) is 23.4 Å². The van der Waals surface area contributed by atoms with Crippen molar-refractivity contribution >= 4 is 6.09 Å². The van der Waals surface area contributed by atoms with Crippen LogP contribution >= 0.6 is 0 Å². The van der Waals surface area contributed by atoms with E-state index >= 15 is 4.39 Å². The number of halogens is 2. The summed E-state index contributed by atoms with van der Waals surface area (Å²) in [4.78, 5) is 11.8. The number of carbonyl (C=O) groups is 1. The van der Waals surface area contributed by atoms with Gasteiger partial charge < -0.3 is 10.1 Å². The fourth-order valence-electron chi connectivity index (χ4n) is 3.05. The van der Waals surface area contributed by atoms with Gasteiger partial charge in [-0.05, 0) is 51.7 Å². The Bertz CT molecular complexity index is 556. The summed E-state index contributed by atoms with van der Waals surface area (Å²) in [5.41, 5.74) is -1.70. The van der Waals surface area contributed by atoms with Gasteiger partial charge in [0.15, 0.2) is 0 Å². The first-order chi connectivity index (χ1) is 10.7. The lowest BCUT2D eigenvalue weighted by atomic mass is 9.79. The van der Waals surface area contributed by atoms with Gasteiger partial charge in [-0.15, -0.1) is 0 Å². The fraction of sp³-hybridized carbons (Fsp3) is 0.611. The molecule has 2 atom stereocenters. The molecule has 0 heterocycles. The van der Waals surface area contributed by atoms with E-state index in [1.165, 1.54) is 6.07 Å². The second kappa shape index (κ2) is 6.85. The van der Waals surface area contributed by atoms with Gasteiger partial charge in [-0.1, -0.05) is 18.2 Å². The Morgan fingerprint density at radius 2 is 2.09 bits per heavy atom. The molecule has 3 nitrogen and oxygen atoms in total. The monoisotopic (exact) mass is 325 g/mol. The maximum Gasteiger partial charge on any atom is 0.407 e. The van der Waals surface area contributed by atoms with Crippen LogP contribution < -0.4 is 5.32 Å². The van der Waals surface area contributed by atoms with E-state index in [4.69, 9.17) is 4.74 Å². The molecule has 0 spiro atoms. The zero-order chi connectivity index (χ0) is 17.1. The maximum atomic E-state index is 15.1. The van der Waals surface area contributed by atoms with Crippen LogP contribution in [0.4, 0.5) is 13.6 Å². The largest absolute Gasteiger partial charge is 0.444 e. The lowest BCUT2D eigenvalue weighted by Gasteiger charge is -2.35. The first kappa shape index (κ1) is 17.7. The van der Waals surface area contributed by atoms with Crippen LogP contribution in [-0.2, 0) is 11.2 Å². The summed E-state index contributed by atoms with van der Waals surface area (Å²) in [5.74, 6) is -0.383. The minimum absolute atomic E-state index is 0.0339. The number of ether oxygens (including phenoxy) is 1. The van der Waals surface area contributed by atoms with Crippen LogP contribution in [0.15, 0.2) is 24.3 Å². The highest BCUT2D eigenvalue weighted by atomic mass is 19.1. The third kappa shape index (κ3) is 5.48. The van der Waals surface area contributed by atoms with E-state index in [0.717, 1.165) is 0 Å². The lowest BCUT2D eigenvalue weighted by Crippen LogP contribution is -2.46. The van der Waals surface area contributed by atoms with Crippen LogP contribution in [0.25, 0.3) is 0 Å².